The van der Waals surface area contributed by atoms with Gasteiger partial charge in [0.2, 0.25) is 0 Å². The van der Waals surface area contributed by atoms with Gasteiger partial charge in [-0.3, -0.25) is 9.59 Å². The molecule has 1 amide bonds. The van der Waals surface area contributed by atoms with Gasteiger partial charge in [0.15, 0.2) is 0 Å². The van der Waals surface area contributed by atoms with Crippen molar-refractivity contribution in [1.82, 2.24) is 4.57 Å². The molecule has 0 fully saturated rings. The van der Waals surface area contributed by atoms with E-state index in [2.05, 4.69) is 21.2 Å². The molecule has 3 rings (SSSR count). The van der Waals surface area contributed by atoms with Crippen LogP contribution in [0.15, 0.2) is 70.1 Å². The molecule has 0 aliphatic heterocycles. The summed E-state index contributed by atoms with van der Waals surface area (Å²) in [6.07, 6.45) is 1.48. The summed E-state index contributed by atoms with van der Waals surface area (Å²) in [5, 5.41) is 2.84. The van der Waals surface area contributed by atoms with Crippen LogP contribution in [0.3, 0.4) is 0 Å². The molecule has 6 heteroatoms. The van der Waals surface area contributed by atoms with E-state index in [1.54, 1.807) is 18.2 Å². The van der Waals surface area contributed by atoms with Crippen LogP contribution in [0.2, 0.25) is 0 Å². The zero-order chi connectivity index (χ0) is 18.7. The molecule has 132 valence electrons. The van der Waals surface area contributed by atoms with Gasteiger partial charge >= 0.3 is 0 Å². The average Bonchev–Trinajstić information content (AvgIpc) is 2.59. The number of pyridine rings is 1. The van der Waals surface area contributed by atoms with Gasteiger partial charge in [-0.1, -0.05) is 28.1 Å². The first-order valence-corrected chi connectivity index (χ1v) is 8.74. The number of nitrogens with zero attached hydrogens (tertiary/aromatic N) is 1. The SMILES string of the molecule is Cc1cc(Br)ccc1NC(=O)c1ccc(=O)n(Cc2cccc(F)c2)c1. The highest BCUT2D eigenvalue weighted by molar-refractivity contribution is 9.10. The number of aromatic nitrogens is 1. The van der Waals surface area contributed by atoms with Crippen molar-refractivity contribution in [2.24, 2.45) is 0 Å². The number of benzene rings is 2. The number of rotatable bonds is 4. The number of hydrogen-bond donors (Lipinski definition) is 1. The van der Waals surface area contributed by atoms with Gasteiger partial charge in [-0.2, -0.15) is 0 Å². The summed E-state index contributed by atoms with van der Waals surface area (Å²) in [6, 6.07) is 14.4. The van der Waals surface area contributed by atoms with Crippen LogP contribution in [-0.2, 0) is 6.54 Å². The Hall–Kier alpha value is -2.73. The lowest BCUT2D eigenvalue weighted by atomic mass is 10.2. The minimum absolute atomic E-state index is 0.190. The van der Waals surface area contributed by atoms with Crippen molar-refractivity contribution in [1.29, 1.82) is 0 Å². The maximum Gasteiger partial charge on any atom is 0.257 e. The lowest BCUT2D eigenvalue weighted by molar-refractivity contribution is 0.102. The topological polar surface area (TPSA) is 51.1 Å². The summed E-state index contributed by atoms with van der Waals surface area (Å²) in [6.45, 7) is 2.08. The van der Waals surface area contributed by atoms with Crippen molar-refractivity contribution >= 4 is 27.5 Å². The molecule has 1 heterocycles. The quantitative estimate of drug-likeness (QED) is 0.689. The van der Waals surface area contributed by atoms with Crippen molar-refractivity contribution < 1.29 is 9.18 Å². The second-order valence-corrected chi connectivity index (χ2v) is 6.84. The van der Waals surface area contributed by atoms with Gasteiger partial charge in [-0.25, -0.2) is 4.39 Å². The smallest absolute Gasteiger partial charge is 0.257 e. The molecule has 1 aromatic heterocycles. The molecule has 0 unspecified atom stereocenters. The maximum absolute atomic E-state index is 13.3. The predicted octanol–water partition coefficient (Wildman–Crippen LogP) is 4.36. The van der Waals surface area contributed by atoms with E-state index in [1.165, 1.54) is 35.0 Å². The zero-order valence-electron chi connectivity index (χ0n) is 14.0. The molecule has 0 radical (unpaired) electrons. The molecule has 0 aliphatic carbocycles. The first-order valence-electron chi connectivity index (χ1n) is 7.95. The Bertz CT molecular complexity index is 1030. The monoisotopic (exact) mass is 414 g/mol. The number of carbonyl (C=O) groups is 1. The first kappa shape index (κ1) is 18.1. The fourth-order valence-corrected chi connectivity index (χ4v) is 3.06. The Kier molecular flexibility index (Phi) is 5.32. The van der Waals surface area contributed by atoms with E-state index >= 15 is 0 Å². The fourth-order valence-electron chi connectivity index (χ4n) is 2.58. The van der Waals surface area contributed by atoms with E-state index in [1.807, 2.05) is 19.1 Å². The minimum atomic E-state index is -0.366. The summed E-state index contributed by atoms with van der Waals surface area (Å²) in [7, 11) is 0. The van der Waals surface area contributed by atoms with Crippen LogP contribution in [0.1, 0.15) is 21.5 Å². The summed E-state index contributed by atoms with van der Waals surface area (Å²) in [5.41, 5.74) is 2.35. The van der Waals surface area contributed by atoms with Crippen LogP contribution in [-0.4, -0.2) is 10.5 Å². The van der Waals surface area contributed by atoms with E-state index in [4.69, 9.17) is 0 Å². The Balaban J connectivity index is 1.84. The third-order valence-corrected chi connectivity index (χ3v) is 4.42. The number of halogens is 2. The highest BCUT2D eigenvalue weighted by atomic mass is 79.9. The van der Waals surface area contributed by atoms with E-state index in [-0.39, 0.29) is 23.8 Å². The summed E-state index contributed by atoms with van der Waals surface area (Å²) in [5.74, 6) is -0.682. The maximum atomic E-state index is 13.3. The van der Waals surface area contributed by atoms with Gasteiger partial charge in [0, 0.05) is 22.4 Å². The van der Waals surface area contributed by atoms with E-state index in [0.29, 0.717) is 16.8 Å². The molecule has 0 spiro atoms. The van der Waals surface area contributed by atoms with E-state index in [0.717, 1.165) is 10.0 Å². The second kappa shape index (κ2) is 7.66. The number of amides is 1. The van der Waals surface area contributed by atoms with Gasteiger partial charge in [0.05, 0.1) is 12.1 Å². The Morgan fingerprint density at radius 3 is 2.69 bits per heavy atom. The molecule has 3 aromatic rings. The third kappa shape index (κ3) is 4.26. The highest BCUT2D eigenvalue weighted by Gasteiger charge is 2.10. The molecule has 0 saturated heterocycles. The lowest BCUT2D eigenvalue weighted by Gasteiger charge is -2.11. The van der Waals surface area contributed by atoms with Crippen LogP contribution in [0, 0.1) is 12.7 Å². The van der Waals surface area contributed by atoms with Crippen molar-refractivity contribution in [2.45, 2.75) is 13.5 Å². The Morgan fingerprint density at radius 1 is 1.15 bits per heavy atom. The first-order chi connectivity index (χ1) is 12.4. The normalized spacial score (nSPS) is 10.6. The van der Waals surface area contributed by atoms with Crippen LogP contribution < -0.4 is 10.9 Å². The summed E-state index contributed by atoms with van der Waals surface area (Å²) in [4.78, 5) is 24.6. The second-order valence-electron chi connectivity index (χ2n) is 5.93. The van der Waals surface area contributed by atoms with Crippen LogP contribution in [0.4, 0.5) is 10.1 Å². The van der Waals surface area contributed by atoms with Crippen LogP contribution in [0.25, 0.3) is 0 Å². The number of aryl methyl sites for hydroxylation is 1. The Morgan fingerprint density at radius 2 is 1.96 bits per heavy atom. The average molecular weight is 415 g/mol. The van der Waals surface area contributed by atoms with Crippen molar-refractivity contribution in [3.63, 3.8) is 0 Å². The van der Waals surface area contributed by atoms with Crippen molar-refractivity contribution in [3.05, 3.63) is 98.1 Å². The standard InChI is InChI=1S/C20H16BrFN2O2/c1-13-9-16(21)6-7-18(13)23-20(26)15-5-8-19(25)24(12-15)11-14-3-2-4-17(22)10-14/h2-10,12H,11H2,1H3,(H,23,26). The molecular weight excluding hydrogens is 399 g/mol. The van der Waals surface area contributed by atoms with Gasteiger partial charge in [-0.05, 0) is 54.4 Å². The highest BCUT2D eigenvalue weighted by Crippen LogP contribution is 2.20. The fraction of sp³-hybridized carbons (Fsp3) is 0.100. The van der Waals surface area contributed by atoms with Gasteiger partial charge in [-0.15, -0.1) is 0 Å². The Labute approximate surface area is 158 Å². The molecule has 0 saturated carbocycles. The van der Waals surface area contributed by atoms with Crippen molar-refractivity contribution in [3.8, 4) is 0 Å². The lowest BCUT2D eigenvalue weighted by Crippen LogP contribution is -2.22. The third-order valence-electron chi connectivity index (χ3n) is 3.92. The number of nitrogens with one attached hydrogen (secondary N) is 1. The van der Waals surface area contributed by atoms with Crippen LogP contribution >= 0.6 is 15.9 Å². The summed E-state index contributed by atoms with van der Waals surface area (Å²) >= 11 is 3.38. The molecule has 2 aromatic carbocycles. The number of anilines is 1. The van der Waals surface area contributed by atoms with E-state index < -0.39 is 0 Å². The minimum Gasteiger partial charge on any atom is -0.322 e. The van der Waals surface area contributed by atoms with Gasteiger partial charge < -0.3 is 9.88 Å². The van der Waals surface area contributed by atoms with Gasteiger partial charge in [0.1, 0.15) is 5.82 Å². The zero-order valence-corrected chi connectivity index (χ0v) is 15.6. The molecule has 0 bridgehead atoms. The number of hydrogen-bond acceptors (Lipinski definition) is 2. The van der Waals surface area contributed by atoms with E-state index in [9.17, 15) is 14.0 Å². The predicted molar refractivity (Wildman–Crippen MR) is 103 cm³/mol. The van der Waals surface area contributed by atoms with Crippen molar-refractivity contribution in [2.75, 3.05) is 5.32 Å². The molecule has 4 nitrogen and oxygen atoms in total. The van der Waals surface area contributed by atoms with Crippen LogP contribution in [0.5, 0.6) is 0 Å². The molecule has 1 N–H and O–H groups in total. The summed E-state index contributed by atoms with van der Waals surface area (Å²) < 4.78 is 15.6. The number of carbonyl (C=O) groups excluding carboxylic acids is 1. The largest absolute Gasteiger partial charge is 0.322 e. The molecular formula is C20H16BrFN2O2. The van der Waals surface area contributed by atoms with Gasteiger partial charge in [0.25, 0.3) is 11.5 Å². The molecule has 0 atom stereocenters. The molecule has 0 aliphatic rings. The molecule has 26 heavy (non-hydrogen) atoms.